The van der Waals surface area contributed by atoms with E-state index in [9.17, 15) is 19.8 Å². The number of aliphatic hydroxyl groups excluding tert-OH is 1. The fraction of sp³-hybridized carbons (Fsp3) is 0.750. The summed E-state index contributed by atoms with van der Waals surface area (Å²) in [5, 5.41) is 20.2. The zero-order valence-corrected chi connectivity index (χ0v) is 13.5. The summed E-state index contributed by atoms with van der Waals surface area (Å²) in [6.07, 6.45) is 5.43. The van der Waals surface area contributed by atoms with E-state index in [-0.39, 0.29) is 0 Å². The van der Waals surface area contributed by atoms with Crippen molar-refractivity contribution in [3.05, 3.63) is 12.2 Å². The smallest absolute Gasteiger partial charge is 0.345 e. The fourth-order valence-electron chi connectivity index (χ4n) is 1.84. The summed E-state index contributed by atoms with van der Waals surface area (Å²) in [5.41, 5.74) is -2.32. The second-order valence-corrected chi connectivity index (χ2v) is 5.54. The average Bonchev–Trinajstić information content (AvgIpc) is 2.40. The van der Waals surface area contributed by atoms with Gasteiger partial charge in [-0.25, -0.2) is 4.79 Å². The topological polar surface area (TPSA) is 83.8 Å². The maximum Gasteiger partial charge on any atom is 0.345 e. The Kier molecular flexibility index (Phi) is 9.13. The van der Waals surface area contributed by atoms with Gasteiger partial charge in [-0.3, -0.25) is 4.79 Å². The van der Waals surface area contributed by atoms with Crippen molar-refractivity contribution in [2.24, 2.45) is 0 Å². The molecule has 5 heteroatoms. The standard InChI is InChI=1S/C16H28O5/c1-5-6-7-8-9-10-11-16(20,14(18)13(4)17)15(19)21-12(2)3/h10-12,14,18,20H,5-9H2,1-4H3/b11-10+/t14-,16+/m0/s1. The number of carbonyl (C=O) groups excluding carboxylic acids is 2. The van der Waals surface area contributed by atoms with Gasteiger partial charge in [0.25, 0.3) is 0 Å². The fourth-order valence-corrected chi connectivity index (χ4v) is 1.84. The van der Waals surface area contributed by atoms with Gasteiger partial charge in [0.1, 0.15) is 0 Å². The summed E-state index contributed by atoms with van der Waals surface area (Å²) < 4.78 is 4.93. The number of ketones is 1. The molecule has 0 radical (unpaired) electrons. The Bertz CT molecular complexity index is 362. The van der Waals surface area contributed by atoms with Gasteiger partial charge in [0.15, 0.2) is 11.9 Å². The number of carbonyl (C=O) groups is 2. The average molecular weight is 300 g/mol. The van der Waals surface area contributed by atoms with Crippen molar-refractivity contribution in [3.63, 3.8) is 0 Å². The zero-order chi connectivity index (χ0) is 16.5. The lowest BCUT2D eigenvalue weighted by Gasteiger charge is -2.27. The molecule has 0 saturated heterocycles. The van der Waals surface area contributed by atoms with E-state index in [0.717, 1.165) is 32.6 Å². The molecular formula is C16H28O5. The summed E-state index contributed by atoms with van der Waals surface area (Å²) in [5.74, 6) is -1.70. The van der Waals surface area contributed by atoms with Crippen molar-refractivity contribution >= 4 is 11.8 Å². The van der Waals surface area contributed by atoms with E-state index in [1.807, 2.05) is 0 Å². The zero-order valence-electron chi connectivity index (χ0n) is 13.5. The van der Waals surface area contributed by atoms with Crippen LogP contribution in [0.3, 0.4) is 0 Å². The molecule has 0 bridgehead atoms. The number of rotatable bonds is 10. The van der Waals surface area contributed by atoms with Crippen LogP contribution < -0.4 is 0 Å². The summed E-state index contributed by atoms with van der Waals surface area (Å²) in [6.45, 7) is 6.49. The first kappa shape index (κ1) is 19.8. The molecule has 0 aromatic rings. The van der Waals surface area contributed by atoms with Crippen LogP contribution in [0, 0.1) is 0 Å². The van der Waals surface area contributed by atoms with Gasteiger partial charge in [-0.05, 0) is 39.7 Å². The first-order valence-electron chi connectivity index (χ1n) is 7.55. The van der Waals surface area contributed by atoms with Crippen molar-refractivity contribution < 1.29 is 24.5 Å². The monoisotopic (exact) mass is 300 g/mol. The van der Waals surface area contributed by atoms with E-state index < -0.39 is 29.6 Å². The van der Waals surface area contributed by atoms with E-state index in [1.165, 1.54) is 6.08 Å². The number of ether oxygens (including phenoxy) is 1. The maximum absolute atomic E-state index is 12.0. The number of hydrogen-bond donors (Lipinski definition) is 2. The van der Waals surface area contributed by atoms with Crippen LogP contribution in [0.15, 0.2) is 12.2 Å². The molecule has 0 unspecified atom stereocenters. The maximum atomic E-state index is 12.0. The van der Waals surface area contributed by atoms with Crippen molar-refractivity contribution in [3.8, 4) is 0 Å². The van der Waals surface area contributed by atoms with Crippen LogP contribution in [-0.2, 0) is 14.3 Å². The van der Waals surface area contributed by atoms with E-state index in [2.05, 4.69) is 6.92 Å². The summed E-state index contributed by atoms with van der Waals surface area (Å²) >= 11 is 0. The van der Waals surface area contributed by atoms with Crippen molar-refractivity contribution in [1.82, 2.24) is 0 Å². The molecule has 0 aromatic carbocycles. The quantitative estimate of drug-likeness (QED) is 0.367. The van der Waals surface area contributed by atoms with Crippen molar-refractivity contribution in [1.29, 1.82) is 0 Å². The number of Topliss-reactive ketones (excluding diaryl/α,β-unsaturated/α-hetero) is 1. The normalized spacial score (nSPS) is 16.0. The third kappa shape index (κ3) is 6.87. The van der Waals surface area contributed by atoms with E-state index in [0.29, 0.717) is 6.42 Å². The molecule has 122 valence electrons. The van der Waals surface area contributed by atoms with Gasteiger partial charge < -0.3 is 14.9 Å². The minimum Gasteiger partial charge on any atom is -0.461 e. The molecule has 0 spiro atoms. The van der Waals surface area contributed by atoms with Crippen LogP contribution in [-0.4, -0.2) is 39.8 Å². The Morgan fingerprint density at radius 2 is 1.86 bits per heavy atom. The van der Waals surface area contributed by atoms with Crippen molar-refractivity contribution in [2.75, 3.05) is 0 Å². The summed E-state index contributed by atoms with van der Waals surface area (Å²) in [6, 6.07) is 0. The highest BCUT2D eigenvalue weighted by atomic mass is 16.6. The van der Waals surface area contributed by atoms with Crippen LogP contribution in [0.1, 0.15) is 59.8 Å². The highest BCUT2D eigenvalue weighted by Gasteiger charge is 2.45. The molecule has 5 nitrogen and oxygen atoms in total. The van der Waals surface area contributed by atoms with Gasteiger partial charge in [-0.1, -0.05) is 32.3 Å². The van der Waals surface area contributed by atoms with Gasteiger partial charge in [-0.2, -0.15) is 0 Å². The van der Waals surface area contributed by atoms with E-state index in [4.69, 9.17) is 4.74 Å². The summed E-state index contributed by atoms with van der Waals surface area (Å²) in [4.78, 5) is 23.3. The van der Waals surface area contributed by atoms with E-state index in [1.54, 1.807) is 19.9 Å². The first-order chi connectivity index (χ1) is 9.75. The van der Waals surface area contributed by atoms with Gasteiger partial charge in [0.2, 0.25) is 5.60 Å². The number of allylic oxidation sites excluding steroid dienone is 1. The summed E-state index contributed by atoms with van der Waals surface area (Å²) in [7, 11) is 0. The van der Waals surface area contributed by atoms with Gasteiger partial charge >= 0.3 is 5.97 Å². The molecule has 0 rings (SSSR count). The highest BCUT2D eigenvalue weighted by Crippen LogP contribution is 2.18. The molecule has 0 aromatic heterocycles. The van der Waals surface area contributed by atoms with E-state index >= 15 is 0 Å². The Labute approximate surface area is 127 Å². The molecule has 21 heavy (non-hydrogen) atoms. The van der Waals surface area contributed by atoms with Gasteiger partial charge in [0.05, 0.1) is 6.10 Å². The molecule has 0 fully saturated rings. The second kappa shape index (κ2) is 9.68. The molecule has 2 atom stereocenters. The predicted octanol–water partition coefficient (Wildman–Crippen LogP) is 2.15. The lowest BCUT2D eigenvalue weighted by atomic mass is 9.92. The van der Waals surface area contributed by atoms with Crippen LogP contribution in [0.2, 0.25) is 0 Å². The molecule has 0 saturated carbocycles. The van der Waals surface area contributed by atoms with Crippen LogP contribution in [0.5, 0.6) is 0 Å². The van der Waals surface area contributed by atoms with Crippen LogP contribution in [0.25, 0.3) is 0 Å². The van der Waals surface area contributed by atoms with Gasteiger partial charge in [0, 0.05) is 0 Å². The first-order valence-corrected chi connectivity index (χ1v) is 7.55. The minimum absolute atomic E-state index is 0.443. The molecule has 0 heterocycles. The number of hydrogen-bond acceptors (Lipinski definition) is 5. The Balaban J connectivity index is 4.85. The minimum atomic E-state index is -2.32. The lowest BCUT2D eigenvalue weighted by molar-refractivity contribution is -0.176. The Hall–Kier alpha value is -1.20. The molecule has 0 aliphatic rings. The van der Waals surface area contributed by atoms with Gasteiger partial charge in [-0.15, -0.1) is 0 Å². The molecule has 0 aliphatic carbocycles. The highest BCUT2D eigenvalue weighted by molar-refractivity contribution is 5.93. The molecule has 0 amide bonds. The lowest BCUT2D eigenvalue weighted by Crippen LogP contribution is -2.52. The number of unbranched alkanes of at least 4 members (excludes halogenated alkanes) is 4. The molecule has 0 aliphatic heterocycles. The Morgan fingerprint density at radius 1 is 1.24 bits per heavy atom. The number of aliphatic hydroxyl groups is 2. The second-order valence-electron chi connectivity index (χ2n) is 5.54. The van der Waals surface area contributed by atoms with Crippen molar-refractivity contribution in [2.45, 2.75) is 77.6 Å². The Morgan fingerprint density at radius 3 is 2.33 bits per heavy atom. The third-order valence-electron chi connectivity index (χ3n) is 3.07. The molecule has 2 N–H and O–H groups in total. The van der Waals surface area contributed by atoms with Crippen LogP contribution >= 0.6 is 0 Å². The SMILES string of the molecule is CCCCCC/C=C/[C@](O)(C(=O)OC(C)C)[C@@H](O)C(C)=O. The predicted molar refractivity (Wildman–Crippen MR) is 80.8 cm³/mol. The third-order valence-corrected chi connectivity index (χ3v) is 3.07. The number of esters is 1. The molecular weight excluding hydrogens is 272 g/mol. The van der Waals surface area contributed by atoms with Crippen LogP contribution in [0.4, 0.5) is 0 Å². The largest absolute Gasteiger partial charge is 0.461 e.